The third-order valence-corrected chi connectivity index (χ3v) is 2.16. The number of hydrogen-bond donors (Lipinski definition) is 1. The Balaban J connectivity index is 2.53. The molecule has 1 N–H and O–H groups in total. The van der Waals surface area contributed by atoms with Crippen molar-refractivity contribution in [2.24, 2.45) is 0 Å². The summed E-state index contributed by atoms with van der Waals surface area (Å²) in [5.41, 5.74) is 0. The van der Waals surface area contributed by atoms with Gasteiger partial charge < -0.3 is 9.84 Å². The maximum Gasteiger partial charge on any atom is 0.204 e. The van der Waals surface area contributed by atoms with Crippen LogP contribution in [-0.2, 0) is 4.74 Å². The average Bonchev–Trinajstić information content (AvgIpc) is 2.08. The average molecular weight is 166 g/mol. The number of halogens is 2. The number of alkyl halides is 2. The number of aliphatic hydroxyl groups is 1. The standard InChI is InChI=1S/C5H9BClFO2/c6-4-5(7,8)1-3(2-9)10-4/h3-4,9H,1-2,6H2/t3-,4+,5+/m0/s1. The molecule has 1 fully saturated rings. The Kier molecular flexibility index (Phi) is 2.23. The van der Waals surface area contributed by atoms with Crippen LogP contribution in [-0.4, -0.2) is 36.8 Å². The summed E-state index contributed by atoms with van der Waals surface area (Å²) in [6.45, 7) is -0.164. The van der Waals surface area contributed by atoms with Gasteiger partial charge in [0.15, 0.2) is 0 Å². The molecular weight excluding hydrogens is 157 g/mol. The zero-order chi connectivity index (χ0) is 7.78. The zero-order valence-corrected chi connectivity index (χ0v) is 6.44. The summed E-state index contributed by atoms with van der Waals surface area (Å²) in [5.74, 6) is 0. The van der Waals surface area contributed by atoms with Crippen molar-refractivity contribution in [1.82, 2.24) is 0 Å². The van der Waals surface area contributed by atoms with Crippen LogP contribution in [0.3, 0.4) is 0 Å². The fourth-order valence-electron chi connectivity index (χ4n) is 1.01. The molecule has 0 aromatic rings. The van der Waals surface area contributed by atoms with Gasteiger partial charge >= 0.3 is 0 Å². The van der Waals surface area contributed by atoms with Crippen LogP contribution in [0.5, 0.6) is 0 Å². The Labute approximate surface area is 64.7 Å². The third kappa shape index (κ3) is 1.44. The Morgan fingerprint density at radius 1 is 1.90 bits per heavy atom. The molecule has 0 aliphatic carbocycles. The van der Waals surface area contributed by atoms with E-state index in [0.29, 0.717) is 0 Å². The predicted octanol–water partition coefficient (Wildman–Crippen LogP) is -0.369. The normalized spacial score (nSPS) is 47.9. The van der Waals surface area contributed by atoms with E-state index in [0.717, 1.165) is 0 Å². The van der Waals surface area contributed by atoms with Crippen LogP contribution in [0.15, 0.2) is 0 Å². The first-order valence-corrected chi connectivity index (χ1v) is 3.58. The van der Waals surface area contributed by atoms with Gasteiger partial charge in [-0.05, 0) is 0 Å². The van der Waals surface area contributed by atoms with Crippen LogP contribution in [0.2, 0.25) is 0 Å². The third-order valence-electron chi connectivity index (χ3n) is 1.69. The van der Waals surface area contributed by atoms with Gasteiger partial charge in [-0.1, -0.05) is 11.6 Å². The lowest BCUT2D eigenvalue weighted by Crippen LogP contribution is -2.26. The number of rotatable bonds is 1. The lowest BCUT2D eigenvalue weighted by atomic mass is 9.95. The Hall–Kier alpha value is 0.205. The minimum atomic E-state index is -1.78. The van der Waals surface area contributed by atoms with E-state index in [-0.39, 0.29) is 13.0 Å². The molecule has 0 radical (unpaired) electrons. The minimum Gasteiger partial charge on any atom is -0.394 e. The van der Waals surface area contributed by atoms with E-state index >= 15 is 0 Å². The molecule has 1 aliphatic heterocycles. The molecular formula is C5H9BClFO2. The zero-order valence-electron chi connectivity index (χ0n) is 5.68. The van der Waals surface area contributed by atoms with Gasteiger partial charge in [0.2, 0.25) is 5.13 Å². The minimum absolute atomic E-state index is 0.0756. The topological polar surface area (TPSA) is 29.5 Å². The largest absolute Gasteiger partial charge is 0.394 e. The molecule has 1 aliphatic rings. The van der Waals surface area contributed by atoms with Crippen molar-refractivity contribution in [1.29, 1.82) is 0 Å². The lowest BCUT2D eigenvalue weighted by molar-refractivity contribution is 0.0351. The second-order valence-corrected chi connectivity index (χ2v) is 3.18. The first-order valence-electron chi connectivity index (χ1n) is 3.20. The maximum atomic E-state index is 13.0. The molecule has 1 saturated heterocycles. The molecule has 1 rings (SSSR count). The van der Waals surface area contributed by atoms with Gasteiger partial charge in [0.25, 0.3) is 0 Å². The monoisotopic (exact) mass is 166 g/mol. The molecule has 0 aromatic heterocycles. The predicted molar refractivity (Wildman–Crippen MR) is 38.6 cm³/mol. The van der Waals surface area contributed by atoms with Gasteiger partial charge in [0.05, 0.1) is 18.7 Å². The van der Waals surface area contributed by atoms with Crippen LogP contribution in [0.25, 0.3) is 0 Å². The Morgan fingerprint density at radius 3 is 2.70 bits per heavy atom. The Bertz CT molecular complexity index is 133. The highest BCUT2D eigenvalue weighted by atomic mass is 35.5. The molecule has 10 heavy (non-hydrogen) atoms. The highest BCUT2D eigenvalue weighted by molar-refractivity contribution is 6.28. The van der Waals surface area contributed by atoms with E-state index in [1.54, 1.807) is 7.85 Å². The molecule has 0 saturated carbocycles. The summed E-state index contributed by atoms with van der Waals surface area (Å²) in [6.07, 6.45) is -0.357. The summed E-state index contributed by atoms with van der Waals surface area (Å²) < 4.78 is 17.9. The second kappa shape index (κ2) is 2.68. The highest BCUT2D eigenvalue weighted by Gasteiger charge is 2.44. The van der Waals surface area contributed by atoms with Crippen LogP contribution >= 0.6 is 11.6 Å². The molecule has 58 valence electrons. The maximum absolute atomic E-state index is 13.0. The summed E-state index contributed by atoms with van der Waals surface area (Å²) >= 11 is 5.39. The van der Waals surface area contributed by atoms with Crippen molar-refractivity contribution in [3.63, 3.8) is 0 Å². The van der Waals surface area contributed by atoms with Crippen molar-refractivity contribution >= 4 is 19.4 Å². The van der Waals surface area contributed by atoms with E-state index in [1.807, 2.05) is 0 Å². The van der Waals surface area contributed by atoms with E-state index in [9.17, 15) is 4.39 Å². The van der Waals surface area contributed by atoms with Gasteiger partial charge in [0, 0.05) is 6.42 Å². The summed E-state index contributed by atoms with van der Waals surface area (Å²) in [5, 5.41) is 6.78. The first-order chi connectivity index (χ1) is 4.56. The smallest absolute Gasteiger partial charge is 0.204 e. The van der Waals surface area contributed by atoms with Gasteiger partial charge in [-0.3, -0.25) is 0 Å². The lowest BCUT2D eigenvalue weighted by Gasteiger charge is -2.12. The van der Waals surface area contributed by atoms with Crippen molar-refractivity contribution < 1.29 is 14.2 Å². The van der Waals surface area contributed by atoms with Gasteiger partial charge in [-0.2, -0.15) is 0 Å². The van der Waals surface area contributed by atoms with E-state index in [2.05, 4.69) is 0 Å². The molecule has 5 heteroatoms. The van der Waals surface area contributed by atoms with Crippen molar-refractivity contribution in [2.45, 2.75) is 23.7 Å². The molecule has 0 unspecified atom stereocenters. The van der Waals surface area contributed by atoms with Crippen LogP contribution in [0.4, 0.5) is 4.39 Å². The SMILES string of the molecule is B[C@@H]1O[C@H](CO)C[C@]1(F)Cl. The molecule has 2 nitrogen and oxygen atoms in total. The van der Waals surface area contributed by atoms with Crippen LogP contribution in [0.1, 0.15) is 6.42 Å². The quantitative estimate of drug-likeness (QED) is 0.425. The molecule has 3 atom stereocenters. The first kappa shape index (κ1) is 8.30. The fraction of sp³-hybridized carbons (Fsp3) is 1.00. The van der Waals surface area contributed by atoms with E-state index < -0.39 is 17.2 Å². The number of hydrogen-bond acceptors (Lipinski definition) is 2. The van der Waals surface area contributed by atoms with Crippen LogP contribution < -0.4 is 0 Å². The summed E-state index contributed by atoms with van der Waals surface area (Å²) in [6, 6.07) is -0.619. The number of ether oxygens (including phenoxy) is 1. The molecule has 1 heterocycles. The summed E-state index contributed by atoms with van der Waals surface area (Å²) in [4.78, 5) is 0. The highest BCUT2D eigenvalue weighted by Crippen LogP contribution is 2.35. The number of aliphatic hydroxyl groups excluding tert-OH is 1. The molecule has 0 aromatic carbocycles. The van der Waals surface area contributed by atoms with Gasteiger partial charge in [-0.15, -0.1) is 0 Å². The van der Waals surface area contributed by atoms with Crippen molar-refractivity contribution in [3.8, 4) is 0 Å². The van der Waals surface area contributed by atoms with Crippen molar-refractivity contribution in [2.75, 3.05) is 6.61 Å². The Morgan fingerprint density at radius 2 is 2.50 bits per heavy atom. The van der Waals surface area contributed by atoms with Gasteiger partial charge in [-0.25, -0.2) is 4.39 Å². The molecule has 0 bridgehead atoms. The molecule has 0 amide bonds. The van der Waals surface area contributed by atoms with Crippen molar-refractivity contribution in [3.05, 3.63) is 0 Å². The van der Waals surface area contributed by atoms with E-state index in [1.165, 1.54) is 0 Å². The molecule has 0 spiro atoms. The summed E-state index contributed by atoms with van der Waals surface area (Å²) in [7, 11) is 1.56. The van der Waals surface area contributed by atoms with E-state index in [4.69, 9.17) is 21.4 Å². The second-order valence-electron chi connectivity index (χ2n) is 2.55. The van der Waals surface area contributed by atoms with Gasteiger partial charge in [0.1, 0.15) is 7.85 Å². The van der Waals surface area contributed by atoms with Crippen LogP contribution in [0, 0.1) is 0 Å². The fourth-order valence-corrected chi connectivity index (χ4v) is 1.24.